The Morgan fingerprint density at radius 1 is 1.10 bits per heavy atom. The third kappa shape index (κ3) is 4.81. The van der Waals surface area contributed by atoms with E-state index in [-0.39, 0.29) is 5.91 Å². The first-order chi connectivity index (χ1) is 14.2. The highest BCUT2D eigenvalue weighted by molar-refractivity contribution is 5.96. The number of H-pyrrole nitrogens is 1. The molecule has 1 atom stereocenters. The number of ether oxygens (including phenoxy) is 3. The van der Waals surface area contributed by atoms with Crippen molar-refractivity contribution >= 4 is 11.6 Å². The molecule has 2 aromatic carbocycles. The van der Waals surface area contributed by atoms with Crippen LogP contribution in [0, 0.1) is 0 Å². The lowest BCUT2D eigenvalue weighted by atomic mass is 9.97. The molecule has 0 saturated carbocycles. The lowest BCUT2D eigenvalue weighted by molar-refractivity contribution is -0.117. The highest BCUT2D eigenvalue weighted by Gasteiger charge is 2.26. The Bertz CT molecular complexity index is 946. The van der Waals surface area contributed by atoms with Crippen LogP contribution in [0.25, 0.3) is 0 Å². The third-order valence-corrected chi connectivity index (χ3v) is 4.32. The third-order valence-electron chi connectivity index (χ3n) is 4.32. The number of tetrazole rings is 1. The molecule has 9 heteroatoms. The molecular weight excluding hydrogens is 374 g/mol. The maximum Gasteiger partial charge on any atom is 0.235 e. The van der Waals surface area contributed by atoms with E-state index in [0.717, 1.165) is 5.56 Å². The van der Waals surface area contributed by atoms with Crippen molar-refractivity contribution in [2.45, 2.75) is 19.3 Å². The number of carbonyl (C=O) groups is 1. The number of amides is 1. The Labute approximate surface area is 168 Å². The summed E-state index contributed by atoms with van der Waals surface area (Å²) >= 11 is 0. The van der Waals surface area contributed by atoms with E-state index in [4.69, 9.17) is 14.2 Å². The van der Waals surface area contributed by atoms with Gasteiger partial charge in [-0.1, -0.05) is 23.4 Å². The fraction of sp³-hybridized carbons (Fsp3) is 0.300. The number of methoxy groups -OCH3 is 2. The normalized spacial score (nSPS) is 11.6. The van der Waals surface area contributed by atoms with Gasteiger partial charge in [-0.25, -0.2) is 0 Å². The summed E-state index contributed by atoms with van der Waals surface area (Å²) in [7, 11) is 3.14. The first-order valence-electron chi connectivity index (χ1n) is 9.13. The van der Waals surface area contributed by atoms with Gasteiger partial charge in [0.05, 0.1) is 26.5 Å². The summed E-state index contributed by atoms with van der Waals surface area (Å²) in [5.41, 5.74) is 1.45. The molecule has 1 amide bonds. The number of benzene rings is 2. The molecule has 0 saturated heterocycles. The fourth-order valence-corrected chi connectivity index (χ4v) is 2.93. The number of aromatic amines is 1. The largest absolute Gasteiger partial charge is 0.493 e. The number of para-hydroxylation sites is 2. The second kappa shape index (κ2) is 9.54. The molecule has 3 aromatic rings. The van der Waals surface area contributed by atoms with Crippen LogP contribution in [0.5, 0.6) is 17.2 Å². The summed E-state index contributed by atoms with van der Waals surface area (Å²) in [6, 6.07) is 12.8. The first kappa shape index (κ1) is 20.1. The minimum Gasteiger partial charge on any atom is -0.493 e. The van der Waals surface area contributed by atoms with Gasteiger partial charge in [-0.15, -0.1) is 10.2 Å². The van der Waals surface area contributed by atoms with Gasteiger partial charge in [0.2, 0.25) is 5.91 Å². The number of aromatic nitrogens is 4. The van der Waals surface area contributed by atoms with Gasteiger partial charge in [0.1, 0.15) is 11.7 Å². The van der Waals surface area contributed by atoms with Crippen LogP contribution in [0.1, 0.15) is 24.2 Å². The Morgan fingerprint density at radius 3 is 2.59 bits per heavy atom. The summed E-state index contributed by atoms with van der Waals surface area (Å²) in [6.07, 6.45) is 0.350. The van der Waals surface area contributed by atoms with Gasteiger partial charge < -0.3 is 19.5 Å². The monoisotopic (exact) mass is 397 g/mol. The Balaban J connectivity index is 1.86. The standard InChI is InChI=1S/C20H23N5O4/c1-4-29-16-8-6-5-7-15(16)21-20(26)14(19-22-24-25-23-19)11-13-9-10-17(27-2)18(12-13)28-3/h5-10,12,14H,4,11H2,1-3H3,(H,21,26)(H,22,23,24,25)/t14-/m1/s1. The van der Waals surface area contributed by atoms with Crippen molar-refractivity contribution in [1.82, 2.24) is 20.6 Å². The predicted molar refractivity (Wildman–Crippen MR) is 106 cm³/mol. The SMILES string of the molecule is CCOc1ccccc1NC(=O)[C@H](Cc1ccc(OC)c(OC)c1)c1nn[nH]n1. The van der Waals surface area contributed by atoms with Crippen LogP contribution in [-0.4, -0.2) is 47.4 Å². The molecule has 0 bridgehead atoms. The van der Waals surface area contributed by atoms with Crippen molar-refractivity contribution in [2.24, 2.45) is 0 Å². The second-order valence-electron chi connectivity index (χ2n) is 6.13. The van der Waals surface area contributed by atoms with E-state index in [2.05, 4.69) is 25.9 Å². The molecule has 29 heavy (non-hydrogen) atoms. The van der Waals surface area contributed by atoms with Crippen LogP contribution in [0.2, 0.25) is 0 Å². The quantitative estimate of drug-likeness (QED) is 0.571. The summed E-state index contributed by atoms with van der Waals surface area (Å²) in [5.74, 6) is 1.16. The van der Waals surface area contributed by atoms with Crippen LogP contribution in [0.15, 0.2) is 42.5 Å². The summed E-state index contributed by atoms with van der Waals surface area (Å²) in [6.45, 7) is 2.38. The number of rotatable bonds is 9. The van der Waals surface area contributed by atoms with E-state index in [1.807, 2.05) is 31.2 Å². The van der Waals surface area contributed by atoms with E-state index in [1.54, 1.807) is 32.4 Å². The van der Waals surface area contributed by atoms with Gasteiger partial charge in [-0.2, -0.15) is 5.21 Å². The fourth-order valence-electron chi connectivity index (χ4n) is 2.93. The number of anilines is 1. The molecule has 0 radical (unpaired) electrons. The van der Waals surface area contributed by atoms with E-state index < -0.39 is 5.92 Å². The molecule has 0 unspecified atom stereocenters. The molecule has 9 nitrogen and oxygen atoms in total. The van der Waals surface area contributed by atoms with Crippen LogP contribution in [0.3, 0.4) is 0 Å². The van der Waals surface area contributed by atoms with Gasteiger partial charge in [0.15, 0.2) is 17.3 Å². The lowest BCUT2D eigenvalue weighted by Gasteiger charge is -2.17. The number of hydrogen-bond donors (Lipinski definition) is 2. The summed E-state index contributed by atoms with van der Waals surface area (Å²) < 4.78 is 16.2. The molecule has 3 rings (SSSR count). The van der Waals surface area contributed by atoms with Crippen molar-refractivity contribution in [3.8, 4) is 17.2 Å². The highest BCUT2D eigenvalue weighted by atomic mass is 16.5. The lowest BCUT2D eigenvalue weighted by Crippen LogP contribution is -2.24. The summed E-state index contributed by atoms with van der Waals surface area (Å²) in [5, 5.41) is 16.9. The molecule has 0 spiro atoms. The van der Waals surface area contributed by atoms with Gasteiger partial charge in [-0.05, 0) is 43.2 Å². The maximum atomic E-state index is 13.1. The topological polar surface area (TPSA) is 111 Å². The van der Waals surface area contributed by atoms with Crippen molar-refractivity contribution in [1.29, 1.82) is 0 Å². The average molecular weight is 397 g/mol. The van der Waals surface area contributed by atoms with Crippen molar-refractivity contribution in [3.05, 3.63) is 53.9 Å². The Kier molecular flexibility index (Phi) is 6.62. The Morgan fingerprint density at radius 2 is 1.90 bits per heavy atom. The smallest absolute Gasteiger partial charge is 0.235 e. The number of hydrogen-bond acceptors (Lipinski definition) is 7. The first-order valence-corrected chi connectivity index (χ1v) is 9.13. The van der Waals surface area contributed by atoms with Gasteiger partial charge >= 0.3 is 0 Å². The van der Waals surface area contributed by atoms with E-state index in [9.17, 15) is 4.79 Å². The van der Waals surface area contributed by atoms with Crippen molar-refractivity contribution < 1.29 is 19.0 Å². The average Bonchev–Trinajstić information content (AvgIpc) is 3.27. The maximum absolute atomic E-state index is 13.1. The van der Waals surface area contributed by atoms with Crippen LogP contribution >= 0.6 is 0 Å². The highest BCUT2D eigenvalue weighted by Crippen LogP contribution is 2.31. The zero-order valence-electron chi connectivity index (χ0n) is 16.5. The van der Waals surface area contributed by atoms with E-state index in [0.29, 0.717) is 41.8 Å². The predicted octanol–water partition coefficient (Wildman–Crippen LogP) is 2.58. The molecule has 0 fully saturated rings. The van der Waals surface area contributed by atoms with Gasteiger partial charge in [-0.3, -0.25) is 4.79 Å². The van der Waals surface area contributed by atoms with Crippen LogP contribution < -0.4 is 19.5 Å². The molecule has 0 aliphatic rings. The molecule has 0 aliphatic carbocycles. The minimum absolute atomic E-state index is 0.270. The van der Waals surface area contributed by atoms with E-state index >= 15 is 0 Å². The second-order valence-corrected chi connectivity index (χ2v) is 6.13. The number of nitrogens with one attached hydrogen (secondary N) is 2. The van der Waals surface area contributed by atoms with Crippen molar-refractivity contribution in [2.75, 3.05) is 26.1 Å². The van der Waals surface area contributed by atoms with Crippen LogP contribution in [0.4, 0.5) is 5.69 Å². The Hall–Kier alpha value is -3.62. The van der Waals surface area contributed by atoms with Gasteiger partial charge in [0, 0.05) is 0 Å². The number of nitrogens with zero attached hydrogens (tertiary/aromatic N) is 3. The minimum atomic E-state index is -0.665. The summed E-state index contributed by atoms with van der Waals surface area (Å²) in [4.78, 5) is 13.1. The molecule has 1 heterocycles. The zero-order valence-corrected chi connectivity index (χ0v) is 16.5. The van der Waals surface area contributed by atoms with Crippen molar-refractivity contribution in [3.63, 3.8) is 0 Å². The van der Waals surface area contributed by atoms with E-state index in [1.165, 1.54) is 0 Å². The van der Waals surface area contributed by atoms with Gasteiger partial charge in [0.25, 0.3) is 0 Å². The molecule has 152 valence electrons. The molecule has 2 N–H and O–H groups in total. The molecular formula is C20H23N5O4. The molecule has 1 aromatic heterocycles. The number of carbonyl (C=O) groups excluding carboxylic acids is 1. The molecule has 0 aliphatic heterocycles. The zero-order chi connectivity index (χ0) is 20.6. The van der Waals surface area contributed by atoms with Crippen LogP contribution in [-0.2, 0) is 11.2 Å².